The maximum absolute atomic E-state index is 9.34. The average Bonchev–Trinajstić information content (AvgIpc) is 2.18. The standard InChI is InChI=1S/C12H12O/c1-3-10-7-5-6-8-11(10)9-12(13)4-2/h1,4-8,12-13H,2,9H2. The molecular formula is C12H12O. The Hall–Kier alpha value is -1.52. The molecule has 13 heavy (non-hydrogen) atoms. The third-order valence-corrected chi connectivity index (χ3v) is 1.87. The molecule has 1 atom stereocenters. The zero-order chi connectivity index (χ0) is 9.68. The quantitative estimate of drug-likeness (QED) is 0.544. The van der Waals surface area contributed by atoms with E-state index in [9.17, 15) is 5.11 Å². The Morgan fingerprint density at radius 1 is 1.54 bits per heavy atom. The predicted molar refractivity (Wildman–Crippen MR) is 54.3 cm³/mol. The monoisotopic (exact) mass is 172 g/mol. The lowest BCUT2D eigenvalue weighted by atomic mass is 10.0. The first-order valence-corrected chi connectivity index (χ1v) is 4.13. The molecular weight excluding hydrogens is 160 g/mol. The van der Waals surface area contributed by atoms with Crippen molar-refractivity contribution < 1.29 is 5.11 Å². The van der Waals surface area contributed by atoms with E-state index in [0.29, 0.717) is 6.42 Å². The molecule has 0 radical (unpaired) electrons. The lowest BCUT2D eigenvalue weighted by Crippen LogP contribution is -2.07. The predicted octanol–water partition coefficient (Wildman–Crippen LogP) is 1.76. The van der Waals surface area contributed by atoms with Gasteiger partial charge < -0.3 is 5.11 Å². The van der Waals surface area contributed by atoms with Gasteiger partial charge in [0.2, 0.25) is 0 Å². The van der Waals surface area contributed by atoms with E-state index >= 15 is 0 Å². The first kappa shape index (κ1) is 9.57. The highest BCUT2D eigenvalue weighted by Gasteiger charge is 2.03. The van der Waals surface area contributed by atoms with Gasteiger partial charge in [0.15, 0.2) is 0 Å². The highest BCUT2D eigenvalue weighted by molar-refractivity contribution is 5.40. The van der Waals surface area contributed by atoms with Crippen LogP contribution in [0, 0.1) is 12.3 Å². The molecule has 0 fully saturated rings. The van der Waals surface area contributed by atoms with Crippen molar-refractivity contribution in [2.75, 3.05) is 0 Å². The Bertz CT molecular complexity index is 333. The molecule has 0 saturated heterocycles. The number of hydrogen-bond acceptors (Lipinski definition) is 1. The van der Waals surface area contributed by atoms with E-state index in [1.165, 1.54) is 6.08 Å². The Labute approximate surface area is 78.7 Å². The minimum Gasteiger partial charge on any atom is -0.389 e. The largest absolute Gasteiger partial charge is 0.389 e. The zero-order valence-electron chi connectivity index (χ0n) is 7.40. The summed E-state index contributed by atoms with van der Waals surface area (Å²) in [6, 6.07) is 7.58. The van der Waals surface area contributed by atoms with Crippen molar-refractivity contribution in [2.24, 2.45) is 0 Å². The Morgan fingerprint density at radius 2 is 2.23 bits per heavy atom. The minimum atomic E-state index is -0.519. The maximum atomic E-state index is 9.34. The summed E-state index contributed by atoms with van der Waals surface area (Å²) in [5.41, 5.74) is 1.82. The van der Waals surface area contributed by atoms with Gasteiger partial charge in [0.05, 0.1) is 6.10 Å². The van der Waals surface area contributed by atoms with E-state index in [4.69, 9.17) is 6.42 Å². The van der Waals surface area contributed by atoms with Gasteiger partial charge >= 0.3 is 0 Å². The van der Waals surface area contributed by atoms with Crippen LogP contribution >= 0.6 is 0 Å². The molecule has 1 heteroatoms. The van der Waals surface area contributed by atoms with Crippen molar-refractivity contribution in [3.05, 3.63) is 48.0 Å². The van der Waals surface area contributed by atoms with Crippen LogP contribution in [0.1, 0.15) is 11.1 Å². The lowest BCUT2D eigenvalue weighted by Gasteiger charge is -2.06. The fraction of sp³-hybridized carbons (Fsp3) is 0.167. The van der Waals surface area contributed by atoms with Gasteiger partial charge in [-0.2, -0.15) is 0 Å². The SMILES string of the molecule is C#Cc1ccccc1CC(O)C=C. The van der Waals surface area contributed by atoms with E-state index in [-0.39, 0.29) is 0 Å². The zero-order valence-corrected chi connectivity index (χ0v) is 7.40. The summed E-state index contributed by atoms with van der Waals surface area (Å²) < 4.78 is 0. The van der Waals surface area contributed by atoms with Crippen molar-refractivity contribution >= 4 is 0 Å². The number of benzene rings is 1. The molecule has 1 unspecified atom stereocenters. The molecule has 0 aliphatic rings. The molecule has 0 amide bonds. The van der Waals surface area contributed by atoms with E-state index in [1.807, 2.05) is 24.3 Å². The van der Waals surface area contributed by atoms with Crippen LogP contribution in [0.2, 0.25) is 0 Å². The highest BCUT2D eigenvalue weighted by Crippen LogP contribution is 2.10. The van der Waals surface area contributed by atoms with Gasteiger partial charge in [0, 0.05) is 12.0 Å². The summed E-state index contributed by atoms with van der Waals surface area (Å²) in [7, 11) is 0. The molecule has 1 nitrogen and oxygen atoms in total. The Kier molecular flexibility index (Phi) is 3.31. The first-order chi connectivity index (χ1) is 6.27. The second kappa shape index (κ2) is 4.49. The van der Waals surface area contributed by atoms with Crippen molar-refractivity contribution in [1.29, 1.82) is 0 Å². The first-order valence-electron chi connectivity index (χ1n) is 4.13. The second-order valence-electron chi connectivity index (χ2n) is 2.81. The summed E-state index contributed by atoms with van der Waals surface area (Å²) in [5, 5.41) is 9.34. The topological polar surface area (TPSA) is 20.2 Å². The van der Waals surface area contributed by atoms with Crippen LogP contribution in [0.15, 0.2) is 36.9 Å². The molecule has 1 rings (SSSR count). The van der Waals surface area contributed by atoms with Crippen molar-refractivity contribution in [2.45, 2.75) is 12.5 Å². The minimum absolute atomic E-state index is 0.519. The van der Waals surface area contributed by atoms with Crippen LogP contribution in [-0.4, -0.2) is 11.2 Å². The molecule has 1 aromatic rings. The molecule has 0 saturated carbocycles. The number of hydrogen-bond donors (Lipinski definition) is 1. The van der Waals surface area contributed by atoms with E-state index in [1.54, 1.807) is 0 Å². The smallest absolute Gasteiger partial charge is 0.0759 e. The van der Waals surface area contributed by atoms with E-state index < -0.39 is 6.10 Å². The van der Waals surface area contributed by atoms with Crippen LogP contribution < -0.4 is 0 Å². The van der Waals surface area contributed by atoms with Crippen molar-refractivity contribution in [3.63, 3.8) is 0 Å². The Morgan fingerprint density at radius 3 is 2.85 bits per heavy atom. The highest BCUT2D eigenvalue weighted by atomic mass is 16.3. The molecule has 0 aliphatic carbocycles. The Balaban J connectivity index is 2.88. The van der Waals surface area contributed by atoms with Crippen LogP contribution in [-0.2, 0) is 6.42 Å². The number of aliphatic hydroxyl groups excluding tert-OH is 1. The third-order valence-electron chi connectivity index (χ3n) is 1.87. The third kappa shape index (κ3) is 2.47. The normalized spacial score (nSPS) is 11.7. The van der Waals surface area contributed by atoms with Crippen molar-refractivity contribution in [3.8, 4) is 12.3 Å². The fourth-order valence-corrected chi connectivity index (χ4v) is 1.15. The number of rotatable bonds is 3. The summed E-state index contributed by atoms with van der Waals surface area (Å²) >= 11 is 0. The molecule has 0 aliphatic heterocycles. The molecule has 66 valence electrons. The van der Waals surface area contributed by atoms with Crippen LogP contribution in [0.3, 0.4) is 0 Å². The molecule has 0 spiro atoms. The number of terminal acetylenes is 1. The molecule has 1 aromatic carbocycles. The average molecular weight is 172 g/mol. The van der Waals surface area contributed by atoms with Crippen LogP contribution in [0.4, 0.5) is 0 Å². The van der Waals surface area contributed by atoms with E-state index in [0.717, 1.165) is 11.1 Å². The van der Waals surface area contributed by atoms with Crippen molar-refractivity contribution in [1.82, 2.24) is 0 Å². The van der Waals surface area contributed by atoms with Gasteiger partial charge in [-0.25, -0.2) is 0 Å². The van der Waals surface area contributed by atoms with Gasteiger partial charge in [-0.1, -0.05) is 30.2 Å². The maximum Gasteiger partial charge on any atom is 0.0759 e. The fourth-order valence-electron chi connectivity index (χ4n) is 1.15. The lowest BCUT2D eigenvalue weighted by molar-refractivity contribution is 0.224. The number of aliphatic hydroxyl groups is 1. The molecule has 0 aromatic heterocycles. The molecule has 1 N–H and O–H groups in total. The summed E-state index contributed by atoms with van der Waals surface area (Å²) in [5.74, 6) is 2.58. The van der Waals surface area contributed by atoms with Gasteiger partial charge in [-0.3, -0.25) is 0 Å². The van der Waals surface area contributed by atoms with Gasteiger partial charge in [0.1, 0.15) is 0 Å². The van der Waals surface area contributed by atoms with Gasteiger partial charge in [0.25, 0.3) is 0 Å². The van der Waals surface area contributed by atoms with Crippen LogP contribution in [0.25, 0.3) is 0 Å². The molecule has 0 heterocycles. The van der Waals surface area contributed by atoms with E-state index in [2.05, 4.69) is 12.5 Å². The van der Waals surface area contributed by atoms with Gasteiger partial charge in [-0.05, 0) is 11.6 Å². The summed E-state index contributed by atoms with van der Waals surface area (Å²) in [6.07, 6.45) is 6.83. The second-order valence-corrected chi connectivity index (χ2v) is 2.81. The van der Waals surface area contributed by atoms with Crippen LogP contribution in [0.5, 0.6) is 0 Å². The molecule has 0 bridgehead atoms. The summed E-state index contributed by atoms with van der Waals surface area (Å²) in [6.45, 7) is 3.51. The summed E-state index contributed by atoms with van der Waals surface area (Å²) in [4.78, 5) is 0. The van der Waals surface area contributed by atoms with Gasteiger partial charge in [-0.15, -0.1) is 13.0 Å².